The Morgan fingerprint density at radius 1 is 1.39 bits per heavy atom. The Kier molecular flexibility index (Phi) is 5.85. The van der Waals surface area contributed by atoms with E-state index >= 15 is 0 Å². The van der Waals surface area contributed by atoms with Crippen LogP contribution >= 0.6 is 15.9 Å². The summed E-state index contributed by atoms with van der Waals surface area (Å²) in [4.78, 5) is 22.1. The van der Waals surface area contributed by atoms with Gasteiger partial charge in [-0.2, -0.15) is 0 Å². The molecule has 0 bridgehead atoms. The molecule has 1 aromatic carbocycles. The summed E-state index contributed by atoms with van der Waals surface area (Å²) >= 11 is 3.38. The molecule has 4 nitrogen and oxygen atoms in total. The van der Waals surface area contributed by atoms with Crippen molar-refractivity contribution in [2.75, 3.05) is 0 Å². The van der Waals surface area contributed by atoms with Crippen LogP contribution in [0.3, 0.4) is 0 Å². The Morgan fingerprint density at radius 3 is 2.67 bits per heavy atom. The number of aliphatic carboxylic acids is 1. The number of hydrogen-bond acceptors (Lipinski definition) is 2. The molecule has 0 saturated heterocycles. The van der Waals surface area contributed by atoms with E-state index in [1.54, 1.807) is 6.92 Å². The van der Waals surface area contributed by atoms with Gasteiger partial charge in [0.05, 0.1) is 6.42 Å². The largest absolute Gasteiger partial charge is 0.481 e. The lowest BCUT2D eigenvalue weighted by atomic mass is 10.1. The van der Waals surface area contributed by atoms with Crippen molar-refractivity contribution in [3.8, 4) is 0 Å². The molecule has 1 aromatic rings. The second-order valence-electron chi connectivity index (χ2n) is 4.17. The number of rotatable bonds is 6. The fourth-order valence-corrected chi connectivity index (χ4v) is 1.98. The molecule has 0 aliphatic heterocycles. The van der Waals surface area contributed by atoms with Gasteiger partial charge in [0.2, 0.25) is 5.91 Å². The van der Waals surface area contributed by atoms with E-state index in [2.05, 4.69) is 21.2 Å². The van der Waals surface area contributed by atoms with E-state index in [0.29, 0.717) is 12.8 Å². The van der Waals surface area contributed by atoms with Crippen molar-refractivity contribution in [3.63, 3.8) is 0 Å². The monoisotopic (exact) mass is 313 g/mol. The molecular weight excluding hydrogens is 298 g/mol. The summed E-state index contributed by atoms with van der Waals surface area (Å²) in [6.07, 6.45) is 0.798. The van der Waals surface area contributed by atoms with Crippen LogP contribution in [0, 0.1) is 0 Å². The zero-order chi connectivity index (χ0) is 13.5. The van der Waals surface area contributed by atoms with Gasteiger partial charge in [-0.25, -0.2) is 0 Å². The molecule has 2 N–H and O–H groups in total. The van der Waals surface area contributed by atoms with Gasteiger partial charge in [-0.05, 0) is 25.0 Å². The Balaban J connectivity index is 2.42. The molecule has 0 unspecified atom stereocenters. The molecule has 1 amide bonds. The van der Waals surface area contributed by atoms with Crippen molar-refractivity contribution in [3.05, 3.63) is 34.3 Å². The first kappa shape index (κ1) is 14.7. The van der Waals surface area contributed by atoms with Crippen LogP contribution in [-0.2, 0) is 16.0 Å². The minimum absolute atomic E-state index is 0.0660. The maximum Gasteiger partial charge on any atom is 0.303 e. The minimum Gasteiger partial charge on any atom is -0.481 e. The van der Waals surface area contributed by atoms with Gasteiger partial charge in [0, 0.05) is 16.9 Å². The summed E-state index contributed by atoms with van der Waals surface area (Å²) in [6, 6.07) is 7.40. The van der Waals surface area contributed by atoms with Crippen molar-refractivity contribution >= 4 is 27.8 Å². The van der Waals surface area contributed by atoms with Gasteiger partial charge in [0.1, 0.15) is 0 Å². The van der Waals surface area contributed by atoms with E-state index in [4.69, 9.17) is 5.11 Å². The minimum atomic E-state index is -0.845. The zero-order valence-corrected chi connectivity index (χ0v) is 11.7. The Morgan fingerprint density at radius 2 is 2.06 bits per heavy atom. The number of carboxylic acid groups (broad SMARTS) is 1. The summed E-state index contributed by atoms with van der Waals surface area (Å²) in [7, 11) is 0. The summed E-state index contributed by atoms with van der Waals surface area (Å²) in [5, 5.41) is 11.3. The molecule has 0 spiro atoms. The summed E-state index contributed by atoms with van der Waals surface area (Å²) in [5.74, 6) is -0.943. The number of carbonyl (C=O) groups is 2. The zero-order valence-electron chi connectivity index (χ0n) is 10.1. The van der Waals surface area contributed by atoms with Crippen LogP contribution in [0.15, 0.2) is 28.7 Å². The molecule has 0 aliphatic carbocycles. The first-order chi connectivity index (χ1) is 8.49. The number of nitrogens with one attached hydrogen (secondary N) is 1. The quantitative estimate of drug-likeness (QED) is 0.847. The molecule has 0 saturated carbocycles. The van der Waals surface area contributed by atoms with Gasteiger partial charge in [-0.3, -0.25) is 9.59 Å². The van der Waals surface area contributed by atoms with Crippen LogP contribution in [0.2, 0.25) is 0 Å². The third kappa shape index (κ3) is 5.31. The molecule has 1 rings (SSSR count). The summed E-state index contributed by atoms with van der Waals surface area (Å²) in [6.45, 7) is 1.81. The number of benzene rings is 1. The molecule has 1 atom stereocenters. The van der Waals surface area contributed by atoms with E-state index in [1.165, 1.54) is 0 Å². The second-order valence-corrected chi connectivity index (χ2v) is 5.02. The third-order valence-corrected chi connectivity index (χ3v) is 3.28. The number of amides is 1. The van der Waals surface area contributed by atoms with Crippen molar-refractivity contribution < 1.29 is 14.7 Å². The molecule has 0 aliphatic rings. The van der Waals surface area contributed by atoms with Crippen molar-refractivity contribution in [1.29, 1.82) is 0 Å². The predicted octanol–water partition coefficient (Wildman–Crippen LogP) is 2.36. The van der Waals surface area contributed by atoms with Gasteiger partial charge in [-0.1, -0.05) is 34.1 Å². The highest BCUT2D eigenvalue weighted by atomic mass is 79.9. The highest BCUT2D eigenvalue weighted by Gasteiger charge is 2.10. The van der Waals surface area contributed by atoms with Gasteiger partial charge in [0.15, 0.2) is 0 Å². The van der Waals surface area contributed by atoms with Crippen molar-refractivity contribution in [1.82, 2.24) is 5.32 Å². The highest BCUT2D eigenvalue weighted by Crippen LogP contribution is 2.16. The molecular formula is C13H16BrNO3. The normalized spacial score (nSPS) is 11.9. The summed E-state index contributed by atoms with van der Waals surface area (Å²) in [5.41, 5.74) is 0.917. The molecule has 0 fully saturated rings. The number of carbonyl (C=O) groups excluding carboxylic acids is 1. The average molecular weight is 314 g/mol. The second kappa shape index (κ2) is 7.16. The fourth-order valence-electron chi connectivity index (χ4n) is 1.55. The fraction of sp³-hybridized carbons (Fsp3) is 0.385. The maximum atomic E-state index is 11.7. The molecule has 0 aromatic heterocycles. The predicted molar refractivity (Wildman–Crippen MR) is 72.3 cm³/mol. The van der Waals surface area contributed by atoms with E-state index in [1.807, 2.05) is 24.3 Å². The SMILES string of the molecule is C[C@H](CCC(=O)O)NC(=O)Cc1ccccc1Br. The molecule has 18 heavy (non-hydrogen) atoms. The van der Waals surface area contributed by atoms with Crippen LogP contribution in [0.25, 0.3) is 0 Å². The smallest absolute Gasteiger partial charge is 0.303 e. The van der Waals surface area contributed by atoms with E-state index in [0.717, 1.165) is 10.0 Å². The molecule has 98 valence electrons. The van der Waals surface area contributed by atoms with E-state index < -0.39 is 5.97 Å². The molecule has 0 radical (unpaired) electrons. The van der Waals surface area contributed by atoms with Crippen LogP contribution in [-0.4, -0.2) is 23.0 Å². The Bertz CT molecular complexity index is 434. The van der Waals surface area contributed by atoms with Gasteiger partial charge < -0.3 is 10.4 Å². The Labute approximate surface area is 115 Å². The summed E-state index contributed by atoms with van der Waals surface area (Å²) < 4.78 is 0.901. The first-order valence-electron chi connectivity index (χ1n) is 5.73. The molecule has 0 heterocycles. The van der Waals surface area contributed by atoms with Crippen molar-refractivity contribution in [2.24, 2.45) is 0 Å². The highest BCUT2D eigenvalue weighted by molar-refractivity contribution is 9.10. The van der Waals surface area contributed by atoms with Crippen LogP contribution < -0.4 is 5.32 Å². The lowest BCUT2D eigenvalue weighted by molar-refractivity contribution is -0.137. The number of halogens is 1. The number of hydrogen-bond donors (Lipinski definition) is 2. The number of carboxylic acids is 1. The standard InChI is InChI=1S/C13H16BrNO3/c1-9(6-7-13(17)18)15-12(16)8-10-4-2-3-5-11(10)14/h2-5,9H,6-8H2,1H3,(H,15,16)(H,17,18)/t9-/m1/s1. The molecule has 5 heteroatoms. The lowest BCUT2D eigenvalue weighted by Crippen LogP contribution is -2.34. The first-order valence-corrected chi connectivity index (χ1v) is 6.53. The van der Waals surface area contributed by atoms with Crippen LogP contribution in [0.1, 0.15) is 25.3 Å². The van der Waals surface area contributed by atoms with E-state index in [-0.39, 0.29) is 18.4 Å². The lowest BCUT2D eigenvalue weighted by Gasteiger charge is -2.13. The maximum absolute atomic E-state index is 11.7. The Hall–Kier alpha value is -1.36. The van der Waals surface area contributed by atoms with Crippen molar-refractivity contribution in [2.45, 2.75) is 32.2 Å². The van der Waals surface area contributed by atoms with Gasteiger partial charge >= 0.3 is 5.97 Å². The van der Waals surface area contributed by atoms with Crippen LogP contribution in [0.4, 0.5) is 0 Å². The average Bonchev–Trinajstić information content (AvgIpc) is 2.29. The third-order valence-electron chi connectivity index (χ3n) is 2.51. The van der Waals surface area contributed by atoms with Gasteiger partial charge in [0.25, 0.3) is 0 Å². The van der Waals surface area contributed by atoms with E-state index in [9.17, 15) is 9.59 Å². The van der Waals surface area contributed by atoms with Crippen LogP contribution in [0.5, 0.6) is 0 Å². The van der Waals surface area contributed by atoms with Gasteiger partial charge in [-0.15, -0.1) is 0 Å². The topological polar surface area (TPSA) is 66.4 Å².